The molecule has 158 valence electrons. The molecule has 1 amide bonds. The van der Waals surface area contributed by atoms with Crippen molar-refractivity contribution in [2.75, 3.05) is 0 Å². The van der Waals surface area contributed by atoms with E-state index in [2.05, 4.69) is 11.4 Å². The van der Waals surface area contributed by atoms with E-state index in [9.17, 15) is 10.1 Å². The topological polar surface area (TPSA) is 78.9 Å². The standard InChI is InChI=1S/C23H19Cl3N3OP/c24-23(25,26)22(28)29-21(30)20(16-27)31(17-10-4-1-5-11-17,18-12-6-2-7-13-18)19-14-8-3-9-15-19/h1-15,22H,28H2,(H,29,30). The molecule has 8 heteroatoms. The van der Waals surface area contributed by atoms with Gasteiger partial charge in [0.1, 0.15) is 17.5 Å². The van der Waals surface area contributed by atoms with Gasteiger partial charge in [0.2, 0.25) is 3.79 Å². The van der Waals surface area contributed by atoms with E-state index >= 15 is 0 Å². The normalized spacial score (nSPS) is 12.5. The van der Waals surface area contributed by atoms with Crippen LogP contribution in [0.2, 0.25) is 0 Å². The van der Waals surface area contributed by atoms with Gasteiger partial charge >= 0.3 is 0 Å². The summed E-state index contributed by atoms with van der Waals surface area (Å²) in [5, 5.41) is 15.3. The zero-order valence-corrected chi connectivity index (χ0v) is 19.4. The molecule has 31 heavy (non-hydrogen) atoms. The molecule has 0 saturated heterocycles. The van der Waals surface area contributed by atoms with Crippen LogP contribution < -0.4 is 27.0 Å². The number of hydrogen-bond donors (Lipinski definition) is 2. The number of carbonyl (C=O) groups is 1. The van der Waals surface area contributed by atoms with E-state index in [1.165, 1.54) is 0 Å². The van der Waals surface area contributed by atoms with Crippen molar-refractivity contribution in [1.82, 2.24) is 5.32 Å². The zero-order valence-electron chi connectivity index (χ0n) is 16.3. The second-order valence-corrected chi connectivity index (χ2v) is 12.3. The van der Waals surface area contributed by atoms with Crippen LogP contribution in [-0.2, 0) is 4.79 Å². The first kappa shape index (κ1) is 23.4. The van der Waals surface area contributed by atoms with Crippen LogP contribution in [0.5, 0.6) is 0 Å². The Morgan fingerprint density at radius 2 is 1.19 bits per heavy atom. The summed E-state index contributed by atoms with van der Waals surface area (Å²) in [5.74, 6) is -0.675. The zero-order chi connectivity index (χ0) is 22.5. The van der Waals surface area contributed by atoms with Crippen LogP contribution in [-0.4, -0.2) is 21.2 Å². The van der Waals surface area contributed by atoms with Gasteiger partial charge in [0.05, 0.1) is 0 Å². The van der Waals surface area contributed by atoms with Crippen LogP contribution >= 0.6 is 41.7 Å². The minimum absolute atomic E-state index is 0.0146. The van der Waals surface area contributed by atoms with E-state index in [0.29, 0.717) is 0 Å². The van der Waals surface area contributed by atoms with Crippen LogP contribution in [0.25, 0.3) is 0 Å². The Labute approximate surface area is 196 Å². The van der Waals surface area contributed by atoms with Gasteiger partial charge < -0.3 is 11.1 Å². The molecule has 4 nitrogen and oxygen atoms in total. The molecule has 3 aromatic carbocycles. The Morgan fingerprint density at radius 3 is 1.48 bits per heavy atom. The molecule has 3 N–H and O–H groups in total. The second-order valence-electron chi connectivity index (χ2n) is 6.63. The van der Waals surface area contributed by atoms with Crippen molar-refractivity contribution in [3.05, 3.63) is 91.0 Å². The molecule has 0 radical (unpaired) electrons. The van der Waals surface area contributed by atoms with Crippen molar-refractivity contribution in [3.8, 4) is 6.07 Å². The number of rotatable bonds is 5. The number of amides is 1. The smallest absolute Gasteiger partial charge is 0.264 e. The van der Waals surface area contributed by atoms with E-state index in [1.54, 1.807) is 0 Å². The number of nitrogens with one attached hydrogen (secondary N) is 1. The maximum atomic E-state index is 13.4. The molecule has 3 rings (SSSR count). The van der Waals surface area contributed by atoms with Crippen LogP contribution in [0, 0.1) is 11.3 Å². The largest absolute Gasteiger partial charge is 0.332 e. The number of nitrogens with two attached hydrogens (primary N) is 1. The molecule has 1 unspecified atom stereocenters. The molecule has 1 atom stereocenters. The molecule has 0 aliphatic heterocycles. The van der Waals surface area contributed by atoms with Gasteiger partial charge in [-0.15, -0.1) is 0 Å². The average Bonchev–Trinajstić information content (AvgIpc) is 2.78. The molecular weight excluding hydrogens is 472 g/mol. The molecule has 0 aliphatic rings. The van der Waals surface area contributed by atoms with Gasteiger partial charge in [0, 0.05) is 6.89 Å². The summed E-state index contributed by atoms with van der Waals surface area (Å²) in [7, 11) is 0. The Kier molecular flexibility index (Phi) is 7.49. The maximum Gasteiger partial charge on any atom is 0.264 e. The van der Waals surface area contributed by atoms with Crippen LogP contribution in [0.4, 0.5) is 0 Å². The Hall–Kier alpha value is -2.25. The monoisotopic (exact) mass is 489 g/mol. The first-order chi connectivity index (χ1) is 14.8. The van der Waals surface area contributed by atoms with Gasteiger partial charge in [-0.05, 0) is 15.9 Å². The lowest BCUT2D eigenvalue weighted by molar-refractivity contribution is -0.115. The highest BCUT2D eigenvalue weighted by Crippen LogP contribution is 2.46. The van der Waals surface area contributed by atoms with Gasteiger partial charge in [-0.3, -0.25) is 4.79 Å². The second kappa shape index (κ2) is 9.92. The molecule has 3 aromatic rings. The minimum atomic E-state index is -2.87. The first-order valence-electron chi connectivity index (χ1n) is 9.28. The molecule has 0 fully saturated rings. The SMILES string of the molecule is N#CC(C(=O)NC(N)C(Cl)(Cl)Cl)=P(c1ccccc1)(c1ccccc1)c1ccccc1. The predicted molar refractivity (Wildman–Crippen MR) is 132 cm³/mol. The van der Waals surface area contributed by atoms with Gasteiger partial charge in [-0.1, -0.05) is 126 Å². The summed E-state index contributed by atoms with van der Waals surface area (Å²) in [6.07, 6.45) is -1.29. The summed E-state index contributed by atoms with van der Waals surface area (Å²) in [4.78, 5) is 13.4. The first-order valence-corrected chi connectivity index (χ1v) is 12.2. The number of carbonyl (C=O) groups excluding carboxylic acids is 1. The third-order valence-electron chi connectivity index (χ3n) is 4.73. The van der Waals surface area contributed by atoms with Crippen molar-refractivity contribution in [2.24, 2.45) is 5.73 Å². The summed E-state index contributed by atoms with van der Waals surface area (Å²) in [5.41, 5.74) is 5.87. The number of halogens is 3. The van der Waals surface area contributed by atoms with Crippen molar-refractivity contribution >= 4 is 68.8 Å². The number of alkyl halides is 3. The highest BCUT2D eigenvalue weighted by molar-refractivity contribution is 7.96. The summed E-state index contributed by atoms with van der Waals surface area (Å²) in [6.45, 7) is -2.87. The lowest BCUT2D eigenvalue weighted by atomic mass is 10.3. The van der Waals surface area contributed by atoms with Gasteiger partial charge in [0.15, 0.2) is 0 Å². The lowest BCUT2D eigenvalue weighted by Gasteiger charge is -2.30. The van der Waals surface area contributed by atoms with Crippen molar-refractivity contribution in [1.29, 1.82) is 5.26 Å². The fourth-order valence-corrected chi connectivity index (χ4v) is 7.57. The fourth-order valence-electron chi connectivity index (χ4n) is 3.36. The van der Waals surface area contributed by atoms with Gasteiger partial charge in [0.25, 0.3) is 5.91 Å². The van der Waals surface area contributed by atoms with E-state index < -0.39 is 22.8 Å². The van der Waals surface area contributed by atoms with Gasteiger partial charge in [-0.25, -0.2) is 0 Å². The molecule has 0 spiro atoms. The highest BCUT2D eigenvalue weighted by Gasteiger charge is 2.36. The number of benzene rings is 3. The van der Waals surface area contributed by atoms with Crippen molar-refractivity contribution < 1.29 is 4.79 Å². The van der Waals surface area contributed by atoms with E-state index in [1.807, 2.05) is 91.0 Å². The third-order valence-corrected chi connectivity index (χ3v) is 9.62. The quantitative estimate of drug-likeness (QED) is 0.327. The molecule has 0 heterocycles. The third kappa shape index (κ3) is 4.83. The lowest BCUT2D eigenvalue weighted by Crippen LogP contribution is -2.52. The Bertz CT molecular complexity index is 1040. The number of nitriles is 1. The maximum absolute atomic E-state index is 13.4. The average molecular weight is 491 g/mol. The van der Waals surface area contributed by atoms with Crippen LogP contribution in [0.3, 0.4) is 0 Å². The van der Waals surface area contributed by atoms with E-state index in [0.717, 1.165) is 15.9 Å². The molecule has 0 aliphatic carbocycles. The number of hydrogen-bond acceptors (Lipinski definition) is 3. The number of nitrogens with zero attached hydrogens (tertiary/aromatic N) is 1. The molecule has 0 aromatic heterocycles. The summed E-state index contributed by atoms with van der Waals surface area (Å²) in [6, 6.07) is 30.7. The van der Waals surface area contributed by atoms with Crippen LogP contribution in [0.1, 0.15) is 0 Å². The predicted octanol–water partition coefficient (Wildman–Crippen LogP) is 3.45. The van der Waals surface area contributed by atoms with Crippen molar-refractivity contribution in [2.45, 2.75) is 9.96 Å². The van der Waals surface area contributed by atoms with Gasteiger partial charge in [-0.2, -0.15) is 5.26 Å². The van der Waals surface area contributed by atoms with E-state index in [4.69, 9.17) is 40.5 Å². The fraction of sp³-hybridized carbons (Fsp3) is 0.0870. The molecule has 0 bridgehead atoms. The Morgan fingerprint density at radius 1 is 0.839 bits per heavy atom. The summed E-state index contributed by atoms with van der Waals surface area (Å²) < 4.78 is -1.93. The van der Waals surface area contributed by atoms with Crippen LogP contribution in [0.15, 0.2) is 91.0 Å². The Balaban J connectivity index is 2.44. The summed E-state index contributed by atoms with van der Waals surface area (Å²) >= 11 is 17.5. The molecular formula is C23H19Cl3N3OP. The van der Waals surface area contributed by atoms with Crippen molar-refractivity contribution in [3.63, 3.8) is 0 Å². The highest BCUT2D eigenvalue weighted by atomic mass is 35.6. The van der Waals surface area contributed by atoms with E-state index in [-0.39, 0.29) is 5.29 Å². The minimum Gasteiger partial charge on any atom is -0.332 e. The molecule has 0 saturated carbocycles.